The molecule has 0 unspecified atom stereocenters. The number of para-hydroxylation sites is 1. The highest BCUT2D eigenvalue weighted by Gasteiger charge is 2.17. The Morgan fingerprint density at radius 1 is 0.935 bits per heavy atom. The van der Waals surface area contributed by atoms with E-state index in [1.807, 2.05) is 77.4 Å². The van der Waals surface area contributed by atoms with Gasteiger partial charge in [-0.2, -0.15) is 0 Å². The number of methoxy groups -OCH3 is 1. The third kappa shape index (κ3) is 3.47. The molecule has 5 nitrogen and oxygen atoms in total. The SMILES string of the molecule is COc1ccc(Cn2cnc3c4ccccc4n(Cc4ccccc4Cl)c3c2=O)cc1. The first-order valence-electron chi connectivity index (χ1n) is 9.98. The Morgan fingerprint density at radius 2 is 1.68 bits per heavy atom. The molecule has 0 spiro atoms. The van der Waals surface area contributed by atoms with E-state index in [0.717, 1.165) is 27.8 Å². The lowest BCUT2D eigenvalue weighted by Gasteiger charge is -2.10. The normalized spacial score (nSPS) is 11.3. The molecule has 2 heterocycles. The highest BCUT2D eigenvalue weighted by atomic mass is 35.5. The molecule has 0 bridgehead atoms. The predicted molar refractivity (Wildman–Crippen MR) is 124 cm³/mol. The molecule has 0 saturated heterocycles. The van der Waals surface area contributed by atoms with Crippen LogP contribution in [0.1, 0.15) is 11.1 Å². The van der Waals surface area contributed by atoms with Gasteiger partial charge in [0, 0.05) is 17.0 Å². The van der Waals surface area contributed by atoms with Gasteiger partial charge in [0.05, 0.1) is 25.5 Å². The van der Waals surface area contributed by atoms with Crippen LogP contribution >= 0.6 is 11.6 Å². The summed E-state index contributed by atoms with van der Waals surface area (Å²) in [6, 6.07) is 23.3. The average molecular weight is 430 g/mol. The third-order valence-corrected chi connectivity index (χ3v) is 5.90. The summed E-state index contributed by atoms with van der Waals surface area (Å²) in [6.07, 6.45) is 1.63. The Hall–Kier alpha value is -3.57. The third-order valence-electron chi connectivity index (χ3n) is 5.53. The van der Waals surface area contributed by atoms with Crippen LogP contribution in [0.2, 0.25) is 5.02 Å². The van der Waals surface area contributed by atoms with Gasteiger partial charge in [-0.1, -0.05) is 60.1 Å². The van der Waals surface area contributed by atoms with Crippen molar-refractivity contribution in [3.8, 4) is 5.75 Å². The Balaban J connectivity index is 1.67. The molecule has 0 saturated carbocycles. The lowest BCUT2D eigenvalue weighted by Crippen LogP contribution is -2.23. The van der Waals surface area contributed by atoms with Crippen LogP contribution in [0, 0.1) is 0 Å². The lowest BCUT2D eigenvalue weighted by molar-refractivity contribution is 0.414. The molecule has 31 heavy (non-hydrogen) atoms. The van der Waals surface area contributed by atoms with Crippen LogP contribution in [0.15, 0.2) is 83.9 Å². The summed E-state index contributed by atoms with van der Waals surface area (Å²) in [5.74, 6) is 0.782. The van der Waals surface area contributed by atoms with E-state index in [0.29, 0.717) is 29.1 Å². The van der Waals surface area contributed by atoms with Gasteiger partial charge in [0.15, 0.2) is 0 Å². The number of benzene rings is 3. The van der Waals surface area contributed by atoms with Gasteiger partial charge < -0.3 is 9.30 Å². The van der Waals surface area contributed by atoms with Gasteiger partial charge in [-0.3, -0.25) is 9.36 Å². The lowest BCUT2D eigenvalue weighted by atomic mass is 10.2. The van der Waals surface area contributed by atoms with Crippen molar-refractivity contribution >= 4 is 33.5 Å². The predicted octanol–water partition coefficient (Wildman–Crippen LogP) is 5.11. The highest BCUT2D eigenvalue weighted by molar-refractivity contribution is 6.31. The molecule has 6 heteroatoms. The summed E-state index contributed by atoms with van der Waals surface area (Å²) in [4.78, 5) is 18.2. The van der Waals surface area contributed by atoms with Crippen LogP contribution in [0.4, 0.5) is 0 Å². The summed E-state index contributed by atoms with van der Waals surface area (Å²) in [6.45, 7) is 0.923. The quantitative estimate of drug-likeness (QED) is 0.390. The molecule has 5 rings (SSSR count). The van der Waals surface area contributed by atoms with E-state index in [4.69, 9.17) is 16.3 Å². The number of fused-ring (bicyclic) bond motifs is 3. The first-order chi connectivity index (χ1) is 15.2. The van der Waals surface area contributed by atoms with Crippen molar-refractivity contribution in [2.75, 3.05) is 7.11 Å². The summed E-state index contributed by atoms with van der Waals surface area (Å²) < 4.78 is 8.89. The molecule has 0 amide bonds. The summed E-state index contributed by atoms with van der Waals surface area (Å²) >= 11 is 6.42. The molecule has 0 aliphatic heterocycles. The van der Waals surface area contributed by atoms with Crippen molar-refractivity contribution < 1.29 is 4.74 Å². The maximum atomic E-state index is 13.6. The van der Waals surface area contributed by atoms with Gasteiger partial charge in [0.25, 0.3) is 5.56 Å². The Morgan fingerprint density at radius 3 is 2.45 bits per heavy atom. The van der Waals surface area contributed by atoms with Gasteiger partial charge in [0.2, 0.25) is 0 Å². The van der Waals surface area contributed by atoms with Gasteiger partial charge in [-0.25, -0.2) is 4.98 Å². The number of aromatic nitrogens is 3. The fourth-order valence-electron chi connectivity index (χ4n) is 3.95. The molecule has 0 N–H and O–H groups in total. The van der Waals surface area contributed by atoms with Crippen molar-refractivity contribution in [1.29, 1.82) is 0 Å². The fraction of sp³-hybridized carbons (Fsp3) is 0.120. The number of hydrogen-bond acceptors (Lipinski definition) is 3. The standard InChI is InChI=1S/C25H20ClN3O2/c1-31-19-12-10-17(11-13-19)14-28-16-27-23-20-7-3-5-9-22(20)29(24(23)25(28)30)15-18-6-2-4-8-21(18)26/h2-13,16H,14-15H2,1H3. The summed E-state index contributed by atoms with van der Waals surface area (Å²) in [7, 11) is 1.63. The van der Waals surface area contributed by atoms with Crippen molar-refractivity contribution in [3.05, 3.63) is 106 Å². The van der Waals surface area contributed by atoms with E-state index >= 15 is 0 Å². The van der Waals surface area contributed by atoms with Gasteiger partial charge in [0.1, 0.15) is 16.8 Å². The van der Waals surface area contributed by atoms with Crippen LogP contribution in [0.5, 0.6) is 5.75 Å². The van der Waals surface area contributed by atoms with Crippen molar-refractivity contribution in [2.45, 2.75) is 13.1 Å². The Kier molecular flexibility index (Phi) is 4.96. The van der Waals surface area contributed by atoms with E-state index in [1.165, 1.54) is 0 Å². The topological polar surface area (TPSA) is 49.0 Å². The first kappa shape index (κ1) is 19.4. The maximum absolute atomic E-state index is 13.6. The van der Waals surface area contributed by atoms with Gasteiger partial charge in [-0.15, -0.1) is 0 Å². The van der Waals surface area contributed by atoms with Crippen molar-refractivity contribution in [3.63, 3.8) is 0 Å². The van der Waals surface area contributed by atoms with Crippen LogP contribution in [-0.2, 0) is 13.1 Å². The van der Waals surface area contributed by atoms with Crippen molar-refractivity contribution in [2.24, 2.45) is 0 Å². The van der Waals surface area contributed by atoms with E-state index in [9.17, 15) is 4.79 Å². The van der Waals surface area contributed by atoms with Crippen LogP contribution < -0.4 is 10.3 Å². The van der Waals surface area contributed by atoms with Gasteiger partial charge in [-0.05, 0) is 35.4 Å². The molecule has 2 aromatic heterocycles. The second kappa shape index (κ2) is 7.93. The molecule has 0 fully saturated rings. The van der Waals surface area contributed by atoms with E-state index < -0.39 is 0 Å². The Bertz CT molecular complexity index is 1450. The zero-order chi connectivity index (χ0) is 21.4. The van der Waals surface area contributed by atoms with Crippen molar-refractivity contribution in [1.82, 2.24) is 14.1 Å². The second-order valence-electron chi connectivity index (χ2n) is 7.42. The molecule has 3 aromatic carbocycles. The minimum atomic E-state index is -0.0796. The molecule has 0 atom stereocenters. The molecule has 154 valence electrons. The zero-order valence-electron chi connectivity index (χ0n) is 17.0. The number of ether oxygens (including phenoxy) is 1. The summed E-state index contributed by atoms with van der Waals surface area (Å²) in [5.41, 5.74) is 4.12. The smallest absolute Gasteiger partial charge is 0.278 e. The van der Waals surface area contributed by atoms with E-state index in [-0.39, 0.29) is 5.56 Å². The minimum absolute atomic E-state index is 0.0796. The monoisotopic (exact) mass is 429 g/mol. The minimum Gasteiger partial charge on any atom is -0.497 e. The van der Waals surface area contributed by atoms with Crippen LogP contribution in [-0.4, -0.2) is 21.2 Å². The van der Waals surface area contributed by atoms with E-state index in [2.05, 4.69) is 4.98 Å². The second-order valence-corrected chi connectivity index (χ2v) is 7.82. The first-order valence-corrected chi connectivity index (χ1v) is 10.4. The fourth-order valence-corrected chi connectivity index (χ4v) is 4.15. The Labute approximate surface area is 184 Å². The molecule has 5 aromatic rings. The van der Waals surface area contributed by atoms with Crippen LogP contribution in [0.3, 0.4) is 0 Å². The number of rotatable bonds is 5. The molecular formula is C25H20ClN3O2. The summed E-state index contributed by atoms with van der Waals surface area (Å²) in [5, 5.41) is 1.63. The molecular weight excluding hydrogens is 410 g/mol. The zero-order valence-corrected chi connectivity index (χ0v) is 17.7. The molecule has 0 aliphatic rings. The largest absolute Gasteiger partial charge is 0.497 e. The molecule has 0 radical (unpaired) electrons. The molecule has 0 aliphatic carbocycles. The maximum Gasteiger partial charge on any atom is 0.278 e. The van der Waals surface area contributed by atoms with Gasteiger partial charge >= 0.3 is 0 Å². The van der Waals surface area contributed by atoms with Crippen LogP contribution in [0.25, 0.3) is 21.9 Å². The number of halogens is 1. The number of nitrogens with zero attached hydrogens (tertiary/aromatic N) is 3. The van der Waals surface area contributed by atoms with E-state index in [1.54, 1.807) is 18.0 Å². The highest BCUT2D eigenvalue weighted by Crippen LogP contribution is 2.27. The number of hydrogen-bond donors (Lipinski definition) is 0. The average Bonchev–Trinajstić information content (AvgIpc) is 3.12.